The van der Waals surface area contributed by atoms with E-state index in [4.69, 9.17) is 5.73 Å². The number of nitrogens with two attached hydrogens (primary N) is 1. The van der Waals surface area contributed by atoms with E-state index < -0.39 is 17.8 Å². The Bertz CT molecular complexity index is 480. The van der Waals surface area contributed by atoms with Gasteiger partial charge in [-0.2, -0.15) is 24.9 Å². The predicted molar refractivity (Wildman–Crippen MR) is 73.8 cm³/mol. The Labute approximate surface area is 119 Å². The molecule has 0 aliphatic rings. The van der Waals surface area contributed by atoms with Crippen molar-refractivity contribution in [3.05, 3.63) is 23.4 Å². The first-order valence-electron chi connectivity index (χ1n) is 5.98. The zero-order valence-corrected chi connectivity index (χ0v) is 11.9. The van der Waals surface area contributed by atoms with Gasteiger partial charge in [-0.3, -0.25) is 4.79 Å². The Balaban J connectivity index is 3.03. The van der Waals surface area contributed by atoms with Crippen LogP contribution in [0, 0.1) is 0 Å². The highest BCUT2D eigenvalue weighted by atomic mass is 32.2. The van der Waals surface area contributed by atoms with Gasteiger partial charge in [-0.1, -0.05) is 6.92 Å². The number of hydrogen-bond donors (Lipinski definition) is 2. The van der Waals surface area contributed by atoms with Crippen molar-refractivity contribution in [1.82, 2.24) is 4.98 Å². The average molecular weight is 307 g/mol. The maximum absolute atomic E-state index is 12.6. The van der Waals surface area contributed by atoms with Crippen molar-refractivity contribution in [3.8, 4) is 0 Å². The zero-order chi connectivity index (χ0) is 15.3. The number of thioether (sulfide) groups is 1. The number of amides is 1. The molecule has 0 radical (unpaired) electrons. The van der Waals surface area contributed by atoms with E-state index in [-0.39, 0.29) is 17.4 Å². The van der Waals surface area contributed by atoms with Crippen molar-refractivity contribution < 1.29 is 18.0 Å². The summed E-state index contributed by atoms with van der Waals surface area (Å²) in [5.41, 5.74) is 4.04. The molecular weight excluding hydrogens is 291 g/mol. The number of nitrogens with one attached hydrogen (secondary N) is 1. The lowest BCUT2D eigenvalue weighted by Crippen LogP contribution is -2.24. The summed E-state index contributed by atoms with van der Waals surface area (Å²) in [6, 6.07) is 1.66. The minimum atomic E-state index is -4.56. The van der Waals surface area contributed by atoms with Crippen molar-refractivity contribution in [2.75, 3.05) is 16.8 Å². The number of alkyl halides is 3. The molecule has 1 rings (SSSR count). The van der Waals surface area contributed by atoms with Crippen molar-refractivity contribution in [3.63, 3.8) is 0 Å². The highest BCUT2D eigenvalue weighted by Gasteiger charge is 2.33. The van der Waals surface area contributed by atoms with Crippen LogP contribution < -0.4 is 11.1 Å². The van der Waals surface area contributed by atoms with Gasteiger partial charge in [0.1, 0.15) is 11.5 Å². The standard InChI is InChI=1S/C12H16F3N3OS/c1-3-20-6-7(2)17-11-8(10(16)19)4-5-9(18-11)12(13,14)15/h4-5,7H,3,6H2,1-2H3,(H2,16,19)(H,17,18). The number of hydrogen-bond acceptors (Lipinski definition) is 4. The van der Waals surface area contributed by atoms with Crippen LogP contribution >= 0.6 is 11.8 Å². The Hall–Kier alpha value is -1.44. The number of halogens is 3. The van der Waals surface area contributed by atoms with Crippen molar-refractivity contribution in [2.45, 2.75) is 26.1 Å². The molecule has 0 saturated carbocycles. The van der Waals surface area contributed by atoms with Crippen LogP contribution in [0.3, 0.4) is 0 Å². The maximum Gasteiger partial charge on any atom is 0.433 e. The van der Waals surface area contributed by atoms with Crippen molar-refractivity contribution in [2.24, 2.45) is 5.73 Å². The second kappa shape index (κ2) is 6.83. The third-order valence-electron chi connectivity index (χ3n) is 2.41. The molecule has 0 saturated heterocycles. The highest BCUT2D eigenvalue weighted by Crippen LogP contribution is 2.29. The van der Waals surface area contributed by atoms with Crippen LogP contribution in [0.4, 0.5) is 19.0 Å². The average Bonchev–Trinajstić information content (AvgIpc) is 2.34. The lowest BCUT2D eigenvalue weighted by molar-refractivity contribution is -0.141. The monoisotopic (exact) mass is 307 g/mol. The molecular formula is C12H16F3N3OS. The molecule has 1 atom stereocenters. The number of carbonyl (C=O) groups is 1. The minimum absolute atomic E-state index is 0.0497. The molecule has 1 aromatic rings. The summed E-state index contributed by atoms with van der Waals surface area (Å²) < 4.78 is 37.9. The van der Waals surface area contributed by atoms with E-state index in [1.807, 2.05) is 6.92 Å². The summed E-state index contributed by atoms with van der Waals surface area (Å²) in [5, 5.41) is 2.81. The smallest absolute Gasteiger partial charge is 0.366 e. The Kier molecular flexibility index (Phi) is 5.67. The quantitative estimate of drug-likeness (QED) is 0.848. The largest absolute Gasteiger partial charge is 0.433 e. The molecule has 8 heteroatoms. The number of nitrogens with zero attached hydrogens (tertiary/aromatic N) is 1. The maximum atomic E-state index is 12.6. The second-order valence-electron chi connectivity index (χ2n) is 4.16. The van der Waals surface area contributed by atoms with E-state index in [1.54, 1.807) is 18.7 Å². The lowest BCUT2D eigenvalue weighted by atomic mass is 10.2. The van der Waals surface area contributed by atoms with Gasteiger partial charge in [-0.25, -0.2) is 4.98 Å². The Morgan fingerprint density at radius 3 is 2.65 bits per heavy atom. The summed E-state index contributed by atoms with van der Waals surface area (Å²) in [4.78, 5) is 14.7. The normalized spacial score (nSPS) is 13.1. The molecule has 1 aromatic heterocycles. The van der Waals surface area contributed by atoms with Crippen LogP contribution in [-0.4, -0.2) is 28.4 Å². The van der Waals surface area contributed by atoms with E-state index in [0.29, 0.717) is 5.75 Å². The Morgan fingerprint density at radius 1 is 1.50 bits per heavy atom. The predicted octanol–water partition coefficient (Wildman–Crippen LogP) is 2.75. The van der Waals surface area contributed by atoms with Gasteiger partial charge in [-0.15, -0.1) is 0 Å². The fraction of sp³-hybridized carbons (Fsp3) is 0.500. The molecule has 1 amide bonds. The lowest BCUT2D eigenvalue weighted by Gasteiger charge is -2.17. The van der Waals surface area contributed by atoms with E-state index >= 15 is 0 Å². The molecule has 0 aliphatic carbocycles. The number of primary amides is 1. The van der Waals surface area contributed by atoms with Crippen LogP contribution in [0.25, 0.3) is 0 Å². The molecule has 1 unspecified atom stereocenters. The molecule has 0 fully saturated rings. The highest BCUT2D eigenvalue weighted by molar-refractivity contribution is 7.99. The van der Waals surface area contributed by atoms with Crippen LogP contribution in [0.2, 0.25) is 0 Å². The van der Waals surface area contributed by atoms with E-state index in [9.17, 15) is 18.0 Å². The third kappa shape index (κ3) is 4.59. The number of pyridine rings is 1. The molecule has 0 spiro atoms. The molecule has 0 bridgehead atoms. The van der Waals surface area contributed by atoms with Gasteiger partial charge in [0.15, 0.2) is 0 Å². The van der Waals surface area contributed by atoms with E-state index in [0.717, 1.165) is 17.9 Å². The fourth-order valence-electron chi connectivity index (χ4n) is 1.50. The molecule has 4 nitrogen and oxygen atoms in total. The fourth-order valence-corrected chi connectivity index (χ4v) is 2.17. The van der Waals surface area contributed by atoms with Gasteiger partial charge in [0.05, 0.1) is 5.56 Å². The zero-order valence-electron chi connectivity index (χ0n) is 11.1. The van der Waals surface area contributed by atoms with Gasteiger partial charge < -0.3 is 11.1 Å². The topological polar surface area (TPSA) is 68.0 Å². The number of carbonyl (C=O) groups excluding carboxylic acids is 1. The molecule has 20 heavy (non-hydrogen) atoms. The molecule has 1 heterocycles. The van der Waals surface area contributed by atoms with Crippen LogP contribution in [0.15, 0.2) is 12.1 Å². The van der Waals surface area contributed by atoms with Crippen LogP contribution in [0.1, 0.15) is 29.9 Å². The van der Waals surface area contributed by atoms with E-state index in [2.05, 4.69) is 10.3 Å². The number of rotatable bonds is 6. The van der Waals surface area contributed by atoms with Crippen LogP contribution in [0.5, 0.6) is 0 Å². The van der Waals surface area contributed by atoms with Gasteiger partial charge in [0.25, 0.3) is 5.91 Å². The summed E-state index contributed by atoms with van der Waals surface area (Å²) in [6.45, 7) is 3.78. The Morgan fingerprint density at radius 2 is 2.15 bits per heavy atom. The molecule has 0 aromatic carbocycles. The van der Waals surface area contributed by atoms with Gasteiger partial charge in [0, 0.05) is 11.8 Å². The SMILES string of the molecule is CCSCC(C)Nc1nc(C(F)(F)F)ccc1C(N)=O. The summed E-state index contributed by atoms with van der Waals surface area (Å²) >= 11 is 1.63. The molecule has 0 aliphatic heterocycles. The van der Waals surface area contributed by atoms with Gasteiger partial charge in [-0.05, 0) is 24.8 Å². The van der Waals surface area contributed by atoms with E-state index in [1.165, 1.54) is 0 Å². The first-order valence-corrected chi connectivity index (χ1v) is 7.13. The molecule has 112 valence electrons. The van der Waals surface area contributed by atoms with Gasteiger partial charge in [0.2, 0.25) is 0 Å². The first kappa shape index (κ1) is 16.6. The van der Waals surface area contributed by atoms with Gasteiger partial charge >= 0.3 is 6.18 Å². The second-order valence-corrected chi connectivity index (χ2v) is 5.48. The van der Waals surface area contributed by atoms with Crippen molar-refractivity contribution >= 4 is 23.5 Å². The van der Waals surface area contributed by atoms with Crippen LogP contribution in [-0.2, 0) is 6.18 Å². The summed E-state index contributed by atoms with van der Waals surface area (Å²) in [5.74, 6) is 0.637. The minimum Gasteiger partial charge on any atom is -0.366 e. The first-order chi connectivity index (χ1) is 9.25. The van der Waals surface area contributed by atoms with Crippen molar-refractivity contribution in [1.29, 1.82) is 0 Å². The third-order valence-corrected chi connectivity index (χ3v) is 3.55. The summed E-state index contributed by atoms with van der Waals surface area (Å²) in [6.07, 6.45) is -4.56. The number of aromatic nitrogens is 1. The summed E-state index contributed by atoms with van der Waals surface area (Å²) in [7, 11) is 0. The number of anilines is 1. The molecule has 3 N–H and O–H groups in total.